The van der Waals surface area contributed by atoms with E-state index in [1.807, 2.05) is 0 Å². The topological polar surface area (TPSA) is 15.6 Å². The van der Waals surface area contributed by atoms with E-state index < -0.39 is 0 Å². The minimum atomic E-state index is 0.976. The van der Waals surface area contributed by atoms with Gasteiger partial charge in [-0.05, 0) is 12.0 Å². The molecule has 2 heterocycles. The molecule has 0 bridgehead atoms. The maximum absolute atomic E-state index is 4.54. The largest absolute Gasteiger partial charge is 0.354 e. The quantitative estimate of drug-likeness (QED) is 0.576. The van der Waals surface area contributed by atoms with Gasteiger partial charge < -0.3 is 4.90 Å². The van der Waals surface area contributed by atoms with Gasteiger partial charge in [0, 0.05) is 18.7 Å². The molecule has 0 spiro atoms. The standard InChI is InChI=1S/C11H12N2/c1-2-4-10-9(3-1)5-7-13-8-6-12-11(10)13/h1-4H,5-8H2. The summed E-state index contributed by atoms with van der Waals surface area (Å²) in [5, 5.41) is 0. The molecule has 0 aliphatic carbocycles. The van der Waals surface area contributed by atoms with E-state index in [4.69, 9.17) is 0 Å². The molecule has 0 atom stereocenters. The fourth-order valence-electron chi connectivity index (χ4n) is 2.17. The van der Waals surface area contributed by atoms with Gasteiger partial charge in [0.1, 0.15) is 5.84 Å². The molecule has 0 amide bonds. The molecule has 3 rings (SSSR count). The molecule has 0 N–H and O–H groups in total. The first kappa shape index (κ1) is 7.13. The Balaban J connectivity index is 2.15. The first-order chi connectivity index (χ1) is 6.45. The lowest BCUT2D eigenvalue weighted by Gasteiger charge is -2.27. The Labute approximate surface area is 77.9 Å². The number of fused-ring (bicyclic) bond motifs is 3. The van der Waals surface area contributed by atoms with Crippen LogP contribution >= 0.6 is 0 Å². The van der Waals surface area contributed by atoms with Crippen molar-refractivity contribution in [2.75, 3.05) is 19.6 Å². The molecular formula is C11H12N2. The van der Waals surface area contributed by atoms with Crippen LogP contribution in [0.3, 0.4) is 0 Å². The molecule has 0 fully saturated rings. The molecule has 0 radical (unpaired) electrons. The van der Waals surface area contributed by atoms with E-state index in [1.54, 1.807) is 0 Å². The second-order valence-electron chi connectivity index (χ2n) is 3.60. The minimum absolute atomic E-state index is 0.976. The van der Waals surface area contributed by atoms with Crippen LogP contribution in [0.25, 0.3) is 0 Å². The first-order valence-electron chi connectivity index (χ1n) is 4.83. The van der Waals surface area contributed by atoms with Crippen molar-refractivity contribution in [3.05, 3.63) is 35.4 Å². The van der Waals surface area contributed by atoms with Gasteiger partial charge in [-0.25, -0.2) is 0 Å². The normalized spacial score (nSPS) is 19.4. The van der Waals surface area contributed by atoms with Crippen molar-refractivity contribution in [1.29, 1.82) is 0 Å². The summed E-state index contributed by atoms with van der Waals surface area (Å²) in [5.41, 5.74) is 2.81. The summed E-state index contributed by atoms with van der Waals surface area (Å²) >= 11 is 0. The summed E-state index contributed by atoms with van der Waals surface area (Å²) in [7, 11) is 0. The Morgan fingerprint density at radius 3 is 3.08 bits per heavy atom. The van der Waals surface area contributed by atoms with Gasteiger partial charge in [-0.3, -0.25) is 4.99 Å². The lowest BCUT2D eigenvalue weighted by Crippen LogP contribution is -2.35. The number of amidine groups is 1. The molecule has 1 aromatic rings. The highest BCUT2D eigenvalue weighted by Crippen LogP contribution is 2.21. The third-order valence-electron chi connectivity index (χ3n) is 2.84. The predicted molar refractivity (Wildman–Crippen MR) is 53.1 cm³/mol. The van der Waals surface area contributed by atoms with Crippen LogP contribution in [0.2, 0.25) is 0 Å². The third kappa shape index (κ3) is 0.981. The van der Waals surface area contributed by atoms with E-state index in [0.29, 0.717) is 0 Å². The Bertz CT molecular complexity index is 368. The third-order valence-corrected chi connectivity index (χ3v) is 2.84. The van der Waals surface area contributed by atoms with Gasteiger partial charge in [0.15, 0.2) is 0 Å². The van der Waals surface area contributed by atoms with Crippen LogP contribution < -0.4 is 0 Å². The highest BCUT2D eigenvalue weighted by atomic mass is 15.2. The van der Waals surface area contributed by atoms with Crippen LogP contribution in [-0.4, -0.2) is 30.4 Å². The number of benzene rings is 1. The van der Waals surface area contributed by atoms with Crippen LogP contribution in [-0.2, 0) is 6.42 Å². The maximum atomic E-state index is 4.54. The van der Waals surface area contributed by atoms with E-state index in [1.165, 1.54) is 23.4 Å². The van der Waals surface area contributed by atoms with Gasteiger partial charge in [-0.1, -0.05) is 24.3 Å². The lowest BCUT2D eigenvalue weighted by atomic mass is 9.99. The molecule has 2 nitrogen and oxygen atoms in total. The average Bonchev–Trinajstić information content (AvgIpc) is 2.65. The Morgan fingerprint density at radius 2 is 2.08 bits per heavy atom. The molecule has 13 heavy (non-hydrogen) atoms. The van der Waals surface area contributed by atoms with Crippen LogP contribution in [0.4, 0.5) is 0 Å². The van der Waals surface area contributed by atoms with Crippen molar-refractivity contribution in [2.45, 2.75) is 6.42 Å². The van der Waals surface area contributed by atoms with Gasteiger partial charge in [-0.15, -0.1) is 0 Å². The van der Waals surface area contributed by atoms with Crippen LogP contribution in [0.5, 0.6) is 0 Å². The molecule has 0 saturated heterocycles. The predicted octanol–water partition coefficient (Wildman–Crippen LogP) is 1.30. The van der Waals surface area contributed by atoms with E-state index >= 15 is 0 Å². The van der Waals surface area contributed by atoms with E-state index in [0.717, 1.165) is 19.6 Å². The molecule has 66 valence electrons. The highest BCUT2D eigenvalue weighted by molar-refractivity contribution is 6.01. The van der Waals surface area contributed by atoms with E-state index in [2.05, 4.69) is 34.2 Å². The monoisotopic (exact) mass is 172 g/mol. The number of nitrogens with zero attached hydrogens (tertiary/aromatic N) is 2. The fourth-order valence-corrected chi connectivity index (χ4v) is 2.17. The molecule has 2 heteroatoms. The summed E-state index contributed by atoms with van der Waals surface area (Å²) in [4.78, 5) is 6.93. The van der Waals surface area contributed by atoms with Gasteiger partial charge >= 0.3 is 0 Å². The number of rotatable bonds is 0. The van der Waals surface area contributed by atoms with Crippen molar-refractivity contribution >= 4 is 5.84 Å². The van der Waals surface area contributed by atoms with E-state index in [-0.39, 0.29) is 0 Å². The number of hydrogen-bond acceptors (Lipinski definition) is 2. The van der Waals surface area contributed by atoms with Crippen LogP contribution in [0.15, 0.2) is 29.3 Å². The molecule has 2 aliphatic rings. The Hall–Kier alpha value is -1.31. The van der Waals surface area contributed by atoms with Crippen LogP contribution in [0, 0.1) is 0 Å². The lowest BCUT2D eigenvalue weighted by molar-refractivity contribution is 0.452. The summed E-state index contributed by atoms with van der Waals surface area (Å²) in [6.45, 7) is 3.24. The van der Waals surface area contributed by atoms with Crippen LogP contribution in [0.1, 0.15) is 11.1 Å². The van der Waals surface area contributed by atoms with Crippen molar-refractivity contribution in [2.24, 2.45) is 4.99 Å². The van der Waals surface area contributed by atoms with Gasteiger partial charge in [0.25, 0.3) is 0 Å². The second kappa shape index (κ2) is 2.59. The molecule has 0 saturated carbocycles. The Kier molecular flexibility index (Phi) is 1.42. The first-order valence-corrected chi connectivity index (χ1v) is 4.83. The highest BCUT2D eigenvalue weighted by Gasteiger charge is 2.24. The number of aliphatic imine (C=N–C) groups is 1. The van der Waals surface area contributed by atoms with Crippen molar-refractivity contribution < 1.29 is 0 Å². The number of hydrogen-bond donors (Lipinski definition) is 0. The van der Waals surface area contributed by atoms with Crippen molar-refractivity contribution in [3.63, 3.8) is 0 Å². The zero-order valence-electron chi connectivity index (χ0n) is 7.53. The molecule has 0 aromatic heterocycles. The SMILES string of the molecule is c1ccc2c(c1)CCN1CCN=C21. The van der Waals surface area contributed by atoms with Gasteiger partial charge in [0.2, 0.25) is 0 Å². The van der Waals surface area contributed by atoms with E-state index in [9.17, 15) is 0 Å². The zero-order chi connectivity index (χ0) is 8.67. The summed E-state index contributed by atoms with van der Waals surface area (Å²) in [6.07, 6.45) is 1.18. The van der Waals surface area contributed by atoms with Gasteiger partial charge in [-0.2, -0.15) is 0 Å². The van der Waals surface area contributed by atoms with Gasteiger partial charge in [0.05, 0.1) is 6.54 Å². The van der Waals surface area contributed by atoms with Crippen molar-refractivity contribution in [1.82, 2.24) is 4.90 Å². The maximum Gasteiger partial charge on any atom is 0.131 e. The molecule has 0 unspecified atom stereocenters. The minimum Gasteiger partial charge on any atom is -0.354 e. The zero-order valence-corrected chi connectivity index (χ0v) is 7.53. The molecular weight excluding hydrogens is 160 g/mol. The second-order valence-corrected chi connectivity index (χ2v) is 3.60. The van der Waals surface area contributed by atoms with Crippen molar-refractivity contribution in [3.8, 4) is 0 Å². The summed E-state index contributed by atoms with van der Waals surface area (Å²) < 4.78 is 0. The Morgan fingerprint density at radius 1 is 1.15 bits per heavy atom. The smallest absolute Gasteiger partial charge is 0.131 e. The summed E-state index contributed by atoms with van der Waals surface area (Å²) in [6, 6.07) is 8.62. The summed E-state index contributed by atoms with van der Waals surface area (Å²) in [5.74, 6) is 1.22. The molecule has 2 aliphatic heterocycles. The fraction of sp³-hybridized carbons (Fsp3) is 0.364. The molecule has 1 aromatic carbocycles. The average molecular weight is 172 g/mol.